The van der Waals surface area contributed by atoms with Gasteiger partial charge in [-0.1, -0.05) is 129 Å². The van der Waals surface area contributed by atoms with E-state index in [9.17, 15) is 0 Å². The van der Waals surface area contributed by atoms with Crippen LogP contribution in [0.2, 0.25) is 0 Å². The Bertz CT molecular complexity index is 3530. The smallest absolute Gasteiger partial charge is 0.197 e. The molecule has 0 amide bonds. The Hall–Kier alpha value is -6.56. The van der Waals surface area contributed by atoms with Gasteiger partial charge >= 0.3 is 0 Å². The van der Waals surface area contributed by atoms with Crippen LogP contribution in [0.4, 0.5) is 11.4 Å². The quantitative estimate of drug-likeness (QED) is 0.183. The lowest BCUT2D eigenvalue weighted by Crippen LogP contribution is -2.37. The van der Waals surface area contributed by atoms with E-state index in [1.807, 2.05) is 11.3 Å². The molecule has 2 aliphatic rings. The molecule has 11 aromatic rings. The number of furan rings is 1. The predicted molar refractivity (Wildman–Crippen MR) is 239 cm³/mol. The molecule has 56 heavy (non-hydrogen) atoms. The van der Waals surface area contributed by atoms with E-state index in [0.717, 1.165) is 44.6 Å². The summed E-state index contributed by atoms with van der Waals surface area (Å²) in [5, 5.41) is 12.6. The summed E-state index contributed by atoms with van der Waals surface area (Å²) >= 11 is 1.87. The van der Waals surface area contributed by atoms with E-state index in [4.69, 9.17) is 4.42 Å². The largest absolute Gasteiger partial charge is 0.456 e. The molecule has 0 saturated heterocycles. The standard InChI is InChI=1S/C51H32BN2OS/c1-51(2)37-18-8-5-14-31(37)32-23-22-30(26-38(32)51)53-40-25-29-13-4-3-12-28(29)24-36(40)47-46-33-15-6-9-20-42(33)55-43(46)27-41-48(47)52-39-19-11-17-35-45-34-16-7-10-21-44(34)56-50(45)54(41)49(35)39/h3-27,53H,1-2H3. The second-order valence-electron chi connectivity index (χ2n) is 16.0. The normalized spacial score (nSPS) is 13.8. The van der Waals surface area contributed by atoms with Gasteiger partial charge < -0.3 is 14.3 Å². The minimum atomic E-state index is -0.0986. The minimum Gasteiger partial charge on any atom is -0.456 e. The number of nitrogens with zero attached hydrogens (tertiary/aromatic N) is 1. The van der Waals surface area contributed by atoms with Gasteiger partial charge in [0.2, 0.25) is 0 Å². The number of anilines is 2. The monoisotopic (exact) mass is 731 g/mol. The van der Waals surface area contributed by atoms with E-state index in [0.29, 0.717) is 0 Å². The summed E-state index contributed by atoms with van der Waals surface area (Å²) in [6.45, 7) is 4.69. The Balaban J connectivity index is 1.12. The van der Waals surface area contributed by atoms with Gasteiger partial charge in [0.05, 0.1) is 0 Å². The number of thiophene rings is 1. The maximum atomic E-state index is 6.82. The molecule has 261 valence electrons. The first-order chi connectivity index (χ1) is 27.5. The number of nitrogens with one attached hydrogen (secondary N) is 1. The van der Waals surface area contributed by atoms with Crippen molar-refractivity contribution in [3.05, 3.63) is 163 Å². The molecule has 0 spiro atoms. The topological polar surface area (TPSA) is 30.1 Å². The van der Waals surface area contributed by atoms with Gasteiger partial charge in [-0.2, -0.15) is 0 Å². The summed E-state index contributed by atoms with van der Waals surface area (Å²) in [4.78, 5) is 1.27. The van der Waals surface area contributed by atoms with Crippen molar-refractivity contribution in [1.29, 1.82) is 0 Å². The predicted octanol–water partition coefficient (Wildman–Crippen LogP) is 12.7. The van der Waals surface area contributed by atoms with Crippen molar-refractivity contribution in [2.45, 2.75) is 19.3 Å². The van der Waals surface area contributed by atoms with Crippen LogP contribution in [-0.2, 0) is 5.41 Å². The fourth-order valence-electron chi connectivity index (χ4n) is 10.1. The Labute approximate surface area is 327 Å². The van der Waals surface area contributed by atoms with Crippen LogP contribution in [-0.4, -0.2) is 11.8 Å². The maximum Gasteiger partial charge on any atom is 0.197 e. The van der Waals surface area contributed by atoms with Crippen LogP contribution < -0.4 is 16.2 Å². The van der Waals surface area contributed by atoms with Crippen LogP contribution in [0.15, 0.2) is 156 Å². The summed E-state index contributed by atoms with van der Waals surface area (Å²) < 4.78 is 10.6. The fourth-order valence-corrected chi connectivity index (χ4v) is 11.3. The molecule has 0 atom stereocenters. The summed E-state index contributed by atoms with van der Waals surface area (Å²) in [5.41, 5.74) is 16.3. The van der Waals surface area contributed by atoms with Gasteiger partial charge in [-0.15, -0.1) is 11.3 Å². The first-order valence-corrected chi connectivity index (χ1v) is 20.2. The van der Waals surface area contributed by atoms with Crippen molar-refractivity contribution in [2.75, 3.05) is 5.32 Å². The van der Waals surface area contributed by atoms with Crippen molar-refractivity contribution in [3.63, 3.8) is 0 Å². The zero-order valence-corrected chi connectivity index (χ0v) is 31.6. The molecule has 1 radical (unpaired) electrons. The zero-order chi connectivity index (χ0) is 36.9. The van der Waals surface area contributed by atoms with Gasteiger partial charge in [-0.3, -0.25) is 0 Å². The first kappa shape index (κ1) is 30.7. The number of hydrogen-bond donors (Lipinski definition) is 1. The van der Waals surface area contributed by atoms with E-state index in [-0.39, 0.29) is 5.41 Å². The van der Waals surface area contributed by atoms with E-state index in [1.54, 1.807) is 0 Å². The first-order valence-electron chi connectivity index (χ1n) is 19.3. The highest BCUT2D eigenvalue weighted by Gasteiger charge is 2.36. The molecule has 3 aromatic heterocycles. The average Bonchev–Trinajstić information content (AvgIpc) is 3.94. The number of aromatic nitrogens is 1. The average molecular weight is 732 g/mol. The van der Waals surface area contributed by atoms with Crippen LogP contribution in [0.3, 0.4) is 0 Å². The summed E-state index contributed by atoms with van der Waals surface area (Å²) in [5.74, 6) is 0. The van der Waals surface area contributed by atoms with E-state index < -0.39 is 0 Å². The SMILES string of the molecule is CC1(C)c2ccccc2-c2ccc(Nc3cc4ccccc4cc3-c3c4c(cc5oc6ccccc6c35)-n3c5sc6ccccc6c5c5cccc(c53)[B]4)cc21. The molecule has 1 N–H and O–H groups in total. The van der Waals surface area contributed by atoms with Gasteiger partial charge in [0.1, 0.15) is 16.0 Å². The van der Waals surface area contributed by atoms with Crippen molar-refractivity contribution < 1.29 is 4.42 Å². The van der Waals surface area contributed by atoms with Gasteiger partial charge in [-0.25, -0.2) is 0 Å². The Morgan fingerprint density at radius 3 is 2.27 bits per heavy atom. The van der Waals surface area contributed by atoms with Crippen LogP contribution in [0.25, 0.3) is 91.9 Å². The summed E-state index contributed by atoms with van der Waals surface area (Å²) in [6, 6.07) is 55.6. The Morgan fingerprint density at radius 2 is 1.36 bits per heavy atom. The van der Waals surface area contributed by atoms with Crippen LogP contribution in [0.1, 0.15) is 25.0 Å². The Morgan fingerprint density at radius 1 is 0.607 bits per heavy atom. The molecule has 0 fully saturated rings. The highest BCUT2D eigenvalue weighted by molar-refractivity contribution is 7.25. The molecule has 0 bridgehead atoms. The van der Waals surface area contributed by atoms with E-state index in [2.05, 4.69) is 183 Å². The number of fused-ring (bicyclic) bond motifs is 14. The highest BCUT2D eigenvalue weighted by atomic mass is 32.1. The van der Waals surface area contributed by atoms with Gasteiger partial charge in [-0.05, 0) is 80.5 Å². The number of rotatable bonds is 3. The third-order valence-electron chi connectivity index (χ3n) is 12.6. The highest BCUT2D eigenvalue weighted by Crippen LogP contribution is 2.50. The lowest BCUT2D eigenvalue weighted by Gasteiger charge is -2.25. The van der Waals surface area contributed by atoms with Gasteiger partial charge in [0.25, 0.3) is 0 Å². The maximum absolute atomic E-state index is 6.82. The fraction of sp³-hybridized carbons (Fsp3) is 0.0588. The molecule has 1 aliphatic carbocycles. The number of para-hydroxylation sites is 2. The molecular formula is C51H32BN2OS. The summed E-state index contributed by atoms with van der Waals surface area (Å²) in [6.07, 6.45) is 0. The van der Waals surface area contributed by atoms with Crippen LogP contribution in [0.5, 0.6) is 0 Å². The third kappa shape index (κ3) is 3.98. The molecule has 4 heterocycles. The Kier molecular flexibility index (Phi) is 5.93. The zero-order valence-electron chi connectivity index (χ0n) is 30.8. The van der Waals surface area contributed by atoms with E-state index in [1.165, 1.54) is 80.7 Å². The van der Waals surface area contributed by atoms with Crippen molar-refractivity contribution >= 4 is 105 Å². The van der Waals surface area contributed by atoms with Crippen molar-refractivity contribution in [1.82, 2.24) is 4.57 Å². The van der Waals surface area contributed by atoms with Crippen molar-refractivity contribution in [3.8, 4) is 27.9 Å². The van der Waals surface area contributed by atoms with Crippen LogP contribution >= 0.6 is 11.3 Å². The molecule has 1 aliphatic heterocycles. The van der Waals surface area contributed by atoms with Gasteiger partial charge in [0.15, 0.2) is 7.28 Å². The van der Waals surface area contributed by atoms with Crippen LogP contribution in [0, 0.1) is 0 Å². The van der Waals surface area contributed by atoms with Gasteiger partial charge in [0, 0.05) is 71.3 Å². The lowest BCUT2D eigenvalue weighted by atomic mass is 9.58. The molecule has 13 rings (SSSR count). The number of hydrogen-bond acceptors (Lipinski definition) is 3. The summed E-state index contributed by atoms with van der Waals surface area (Å²) in [7, 11) is 2.42. The second-order valence-corrected chi connectivity index (χ2v) is 17.0. The molecule has 0 unspecified atom stereocenters. The molecule has 5 heteroatoms. The van der Waals surface area contributed by atoms with E-state index >= 15 is 0 Å². The molecular weight excluding hydrogens is 699 g/mol. The number of benzene rings is 8. The third-order valence-corrected chi connectivity index (χ3v) is 13.7. The second kappa shape index (κ2) is 10.8. The molecule has 8 aromatic carbocycles. The molecule has 0 saturated carbocycles. The molecule has 3 nitrogen and oxygen atoms in total. The van der Waals surface area contributed by atoms with Crippen molar-refractivity contribution in [2.24, 2.45) is 0 Å². The lowest BCUT2D eigenvalue weighted by molar-refractivity contribution is 0.660. The minimum absolute atomic E-state index is 0.0986.